The Morgan fingerprint density at radius 1 is 1.26 bits per heavy atom. The number of likely N-dealkylation sites (N-methyl/N-ethyl adjacent to an activating group) is 1. The highest BCUT2D eigenvalue weighted by Crippen LogP contribution is 2.45. The van der Waals surface area contributed by atoms with E-state index in [-0.39, 0.29) is 24.0 Å². The predicted octanol–water partition coefficient (Wildman–Crippen LogP) is 4.52. The van der Waals surface area contributed by atoms with Gasteiger partial charge in [-0.15, -0.1) is 0 Å². The fourth-order valence-corrected chi connectivity index (χ4v) is 5.13. The van der Waals surface area contributed by atoms with Crippen molar-refractivity contribution in [3.63, 3.8) is 0 Å². The molecule has 0 saturated carbocycles. The number of hydrogen-bond acceptors (Lipinski definition) is 6. The van der Waals surface area contributed by atoms with E-state index >= 15 is 0 Å². The maximum Gasteiger partial charge on any atom is 0.197 e. The van der Waals surface area contributed by atoms with E-state index in [1.165, 1.54) is 13.2 Å². The molecule has 1 aliphatic heterocycles. The van der Waals surface area contributed by atoms with Gasteiger partial charge in [0.15, 0.2) is 5.43 Å². The van der Waals surface area contributed by atoms with Gasteiger partial charge in [-0.3, -0.25) is 4.79 Å². The monoisotopic (exact) mass is 555 g/mol. The average molecular weight is 556 g/mol. The van der Waals surface area contributed by atoms with Gasteiger partial charge in [-0.05, 0) is 54.7 Å². The van der Waals surface area contributed by atoms with Gasteiger partial charge < -0.3 is 23.9 Å². The zero-order valence-electron chi connectivity index (χ0n) is 17.4. The standard InChI is InChI=1S/C23H23ClINO5/c1-26-8-7-12(15(26)11-27)20-18(29-2)10-19(30-3)21-16(28)9-17(31-23(20)21)13-5-4-6-14(25)22(13)24/h4-6,9-10,12,15,27H,7-8,11H2,1-3H3/t12-,15+/m1/s1. The van der Waals surface area contributed by atoms with Gasteiger partial charge >= 0.3 is 0 Å². The van der Waals surface area contributed by atoms with Crippen molar-refractivity contribution in [1.82, 2.24) is 4.90 Å². The van der Waals surface area contributed by atoms with Crippen LogP contribution in [0.25, 0.3) is 22.3 Å². The van der Waals surface area contributed by atoms with Crippen molar-refractivity contribution >= 4 is 45.2 Å². The lowest BCUT2D eigenvalue weighted by Gasteiger charge is -2.25. The van der Waals surface area contributed by atoms with Gasteiger partial charge in [0, 0.05) is 38.8 Å². The summed E-state index contributed by atoms with van der Waals surface area (Å²) in [5, 5.41) is 10.9. The lowest BCUT2D eigenvalue weighted by Crippen LogP contribution is -2.32. The van der Waals surface area contributed by atoms with Crippen molar-refractivity contribution < 1.29 is 19.0 Å². The predicted molar refractivity (Wildman–Crippen MR) is 130 cm³/mol. The average Bonchev–Trinajstić information content (AvgIpc) is 3.13. The zero-order valence-corrected chi connectivity index (χ0v) is 20.4. The summed E-state index contributed by atoms with van der Waals surface area (Å²) in [6, 6.07) is 8.64. The largest absolute Gasteiger partial charge is 0.496 e. The molecule has 1 fully saturated rings. The van der Waals surface area contributed by atoms with Crippen molar-refractivity contribution in [3.05, 3.63) is 54.7 Å². The Hall–Kier alpha value is -1.81. The molecule has 1 saturated heterocycles. The van der Waals surface area contributed by atoms with Gasteiger partial charge in [0.2, 0.25) is 0 Å². The molecule has 0 radical (unpaired) electrons. The highest BCUT2D eigenvalue weighted by Gasteiger charge is 2.37. The van der Waals surface area contributed by atoms with Crippen LogP contribution in [-0.2, 0) is 0 Å². The van der Waals surface area contributed by atoms with Gasteiger partial charge in [-0.2, -0.15) is 0 Å². The molecule has 31 heavy (non-hydrogen) atoms. The summed E-state index contributed by atoms with van der Waals surface area (Å²) >= 11 is 8.67. The summed E-state index contributed by atoms with van der Waals surface area (Å²) in [7, 11) is 5.07. The number of rotatable bonds is 5. The van der Waals surface area contributed by atoms with Crippen LogP contribution in [0, 0.1) is 3.57 Å². The van der Waals surface area contributed by atoms with E-state index in [4.69, 9.17) is 25.5 Å². The van der Waals surface area contributed by atoms with Crippen LogP contribution in [0.2, 0.25) is 5.02 Å². The van der Waals surface area contributed by atoms with Gasteiger partial charge in [0.05, 0.1) is 25.8 Å². The first-order valence-electron chi connectivity index (χ1n) is 9.89. The number of hydrogen-bond donors (Lipinski definition) is 1. The topological polar surface area (TPSA) is 72.1 Å². The fraction of sp³-hybridized carbons (Fsp3) is 0.348. The molecule has 1 aromatic heterocycles. The first-order chi connectivity index (χ1) is 14.9. The van der Waals surface area contributed by atoms with Gasteiger partial charge in [-0.25, -0.2) is 0 Å². The molecule has 0 bridgehead atoms. The number of aliphatic hydroxyl groups is 1. The maximum atomic E-state index is 13.2. The molecular weight excluding hydrogens is 533 g/mol. The number of nitrogens with zero attached hydrogens (tertiary/aromatic N) is 1. The SMILES string of the molecule is COc1cc(OC)c2c(=O)cc(-c3cccc(I)c3Cl)oc2c1[C@@H]1CCN(C)[C@H]1CO. The van der Waals surface area contributed by atoms with Crippen LogP contribution in [0.15, 0.2) is 39.5 Å². The second kappa shape index (κ2) is 8.97. The van der Waals surface area contributed by atoms with Crippen molar-refractivity contribution in [1.29, 1.82) is 0 Å². The lowest BCUT2D eigenvalue weighted by atomic mass is 9.89. The Labute approximate surface area is 198 Å². The second-order valence-electron chi connectivity index (χ2n) is 7.60. The Kier molecular flexibility index (Phi) is 6.48. The fourth-order valence-electron chi connectivity index (χ4n) is 4.42. The number of ether oxygens (including phenoxy) is 2. The Bertz CT molecular complexity index is 1190. The van der Waals surface area contributed by atoms with E-state index in [1.807, 2.05) is 25.2 Å². The third-order valence-corrected chi connectivity index (χ3v) is 7.63. The molecule has 1 aliphatic rings. The lowest BCUT2D eigenvalue weighted by molar-refractivity contribution is 0.171. The van der Waals surface area contributed by atoms with Gasteiger partial charge in [0.1, 0.15) is 28.2 Å². The molecule has 4 rings (SSSR count). The third kappa shape index (κ3) is 3.82. The highest BCUT2D eigenvalue weighted by molar-refractivity contribution is 14.1. The minimum atomic E-state index is -0.223. The summed E-state index contributed by atoms with van der Waals surface area (Å²) in [5.74, 6) is 1.27. The minimum Gasteiger partial charge on any atom is -0.496 e. The first-order valence-corrected chi connectivity index (χ1v) is 11.3. The van der Waals surface area contributed by atoms with E-state index in [0.29, 0.717) is 38.8 Å². The maximum absolute atomic E-state index is 13.2. The summed E-state index contributed by atoms with van der Waals surface area (Å²) in [5.41, 5.74) is 1.59. The Morgan fingerprint density at radius 3 is 2.68 bits per heavy atom. The summed E-state index contributed by atoms with van der Waals surface area (Å²) in [4.78, 5) is 15.4. The van der Waals surface area contributed by atoms with E-state index in [0.717, 1.165) is 22.1 Å². The van der Waals surface area contributed by atoms with Gasteiger partial charge in [0.25, 0.3) is 0 Å². The molecular formula is C23H23ClINO5. The summed E-state index contributed by atoms with van der Waals surface area (Å²) in [6.45, 7) is 0.809. The van der Waals surface area contributed by atoms with Crippen molar-refractivity contribution in [2.24, 2.45) is 0 Å². The normalized spacial score (nSPS) is 19.2. The van der Waals surface area contributed by atoms with Crippen LogP contribution in [0.1, 0.15) is 17.9 Å². The molecule has 164 valence electrons. The molecule has 0 aliphatic carbocycles. The van der Waals surface area contributed by atoms with Crippen LogP contribution in [-0.4, -0.2) is 50.5 Å². The molecule has 1 N–H and O–H groups in total. The van der Waals surface area contributed by atoms with Crippen LogP contribution in [0.3, 0.4) is 0 Å². The molecule has 2 heterocycles. The smallest absolute Gasteiger partial charge is 0.197 e. The number of methoxy groups -OCH3 is 2. The Morgan fingerprint density at radius 2 is 2.00 bits per heavy atom. The molecule has 0 unspecified atom stereocenters. The van der Waals surface area contributed by atoms with Crippen molar-refractivity contribution in [2.45, 2.75) is 18.4 Å². The third-order valence-electron chi connectivity index (χ3n) is 6.00. The van der Waals surface area contributed by atoms with E-state index in [9.17, 15) is 9.90 Å². The van der Waals surface area contributed by atoms with Crippen LogP contribution in [0.4, 0.5) is 0 Å². The molecule has 0 amide bonds. The van der Waals surface area contributed by atoms with Crippen molar-refractivity contribution in [2.75, 3.05) is 34.4 Å². The van der Waals surface area contributed by atoms with E-state index in [1.54, 1.807) is 13.2 Å². The summed E-state index contributed by atoms with van der Waals surface area (Å²) < 4.78 is 18.4. The molecule has 2 atom stereocenters. The van der Waals surface area contributed by atoms with Crippen LogP contribution < -0.4 is 14.9 Å². The quantitative estimate of drug-likeness (QED) is 0.467. The molecule has 3 aromatic rings. The molecule has 8 heteroatoms. The van der Waals surface area contributed by atoms with Crippen molar-refractivity contribution in [3.8, 4) is 22.8 Å². The van der Waals surface area contributed by atoms with Crippen LogP contribution in [0.5, 0.6) is 11.5 Å². The van der Waals surface area contributed by atoms with Gasteiger partial charge in [-0.1, -0.05) is 17.7 Å². The van der Waals surface area contributed by atoms with E-state index < -0.39 is 0 Å². The molecule has 6 nitrogen and oxygen atoms in total. The number of likely N-dealkylation sites (tertiary alicyclic amines) is 1. The highest BCUT2D eigenvalue weighted by atomic mass is 127. The molecule has 2 aromatic carbocycles. The first kappa shape index (κ1) is 22.4. The number of fused-ring (bicyclic) bond motifs is 1. The zero-order chi connectivity index (χ0) is 22.3. The molecule has 0 spiro atoms. The second-order valence-corrected chi connectivity index (χ2v) is 9.14. The van der Waals surface area contributed by atoms with E-state index in [2.05, 4.69) is 27.5 Å². The Balaban J connectivity index is 2.07. The number of benzene rings is 2. The summed E-state index contributed by atoms with van der Waals surface area (Å²) in [6.07, 6.45) is 0.803. The number of aliphatic hydroxyl groups excluding tert-OH is 1. The van der Waals surface area contributed by atoms with Crippen LogP contribution >= 0.6 is 34.2 Å². The minimum absolute atomic E-state index is 0.00945. The number of halogens is 2.